The molecule has 0 saturated heterocycles. The summed E-state index contributed by atoms with van der Waals surface area (Å²) in [5.74, 6) is 0.956. The average molecular weight is 424 g/mol. The van der Waals surface area contributed by atoms with Crippen molar-refractivity contribution in [3.8, 4) is 6.07 Å². The van der Waals surface area contributed by atoms with Gasteiger partial charge in [0.25, 0.3) is 0 Å². The maximum Gasteiger partial charge on any atom is 0.102 e. The van der Waals surface area contributed by atoms with Gasteiger partial charge in [0.1, 0.15) is 6.07 Å². The van der Waals surface area contributed by atoms with Crippen LogP contribution < -0.4 is 15.9 Å². The number of nitrogens with zero attached hydrogens (tertiary/aromatic N) is 1. The van der Waals surface area contributed by atoms with Crippen molar-refractivity contribution in [3.63, 3.8) is 0 Å². The van der Waals surface area contributed by atoms with E-state index >= 15 is 0 Å². The molecule has 1 heterocycles. The molecule has 1 unspecified atom stereocenters. The summed E-state index contributed by atoms with van der Waals surface area (Å²) >= 11 is 3.56. The number of nitriles is 1. The monoisotopic (exact) mass is 423 g/mol. The van der Waals surface area contributed by atoms with Crippen LogP contribution in [-0.4, -0.2) is 13.1 Å². The number of nitrogens with one attached hydrogen (secondary N) is 2. The first kappa shape index (κ1) is 20.5. The van der Waals surface area contributed by atoms with E-state index in [1.165, 1.54) is 10.5 Å². The highest BCUT2D eigenvalue weighted by molar-refractivity contribution is 7.98. The molecule has 142 valence electrons. The van der Waals surface area contributed by atoms with Crippen LogP contribution in [0.25, 0.3) is 5.70 Å². The van der Waals surface area contributed by atoms with Gasteiger partial charge in [0.15, 0.2) is 0 Å². The Bertz CT molecular complexity index is 978. The molecular formula is C22H22N3PS2. The summed E-state index contributed by atoms with van der Waals surface area (Å²) in [4.78, 5) is 1.22. The third kappa shape index (κ3) is 5.39. The van der Waals surface area contributed by atoms with Crippen molar-refractivity contribution in [2.45, 2.75) is 10.6 Å². The van der Waals surface area contributed by atoms with Crippen LogP contribution in [-0.2, 0) is 5.75 Å². The lowest BCUT2D eigenvalue weighted by Gasteiger charge is -2.15. The quantitative estimate of drug-likeness (QED) is 0.286. The summed E-state index contributed by atoms with van der Waals surface area (Å²) in [5.41, 5.74) is 4.91. The Morgan fingerprint density at radius 2 is 2.00 bits per heavy atom. The lowest BCUT2D eigenvalue weighted by molar-refractivity contribution is 0.885. The van der Waals surface area contributed by atoms with Crippen molar-refractivity contribution in [2.24, 2.45) is 0 Å². The van der Waals surface area contributed by atoms with Gasteiger partial charge in [-0.3, -0.25) is 0 Å². The van der Waals surface area contributed by atoms with Crippen molar-refractivity contribution in [1.82, 2.24) is 5.32 Å². The van der Waals surface area contributed by atoms with Crippen LogP contribution in [0.4, 0.5) is 5.69 Å². The first-order chi connectivity index (χ1) is 13.7. The Balaban J connectivity index is 1.54. The molecule has 0 spiro atoms. The van der Waals surface area contributed by atoms with Crippen LogP contribution >= 0.6 is 32.3 Å². The Morgan fingerprint density at radius 3 is 2.79 bits per heavy atom. The number of hydrogen-bond acceptors (Lipinski definition) is 5. The van der Waals surface area contributed by atoms with E-state index < -0.39 is 0 Å². The second-order valence-electron chi connectivity index (χ2n) is 6.13. The minimum atomic E-state index is 0.668. The minimum absolute atomic E-state index is 0.668. The number of rotatable bonds is 9. The lowest BCUT2D eigenvalue weighted by Crippen LogP contribution is -2.21. The number of anilines is 1. The van der Waals surface area contributed by atoms with Crippen LogP contribution in [0.3, 0.4) is 0 Å². The Hall–Kier alpha value is -2.25. The molecule has 0 aliphatic heterocycles. The van der Waals surface area contributed by atoms with E-state index in [2.05, 4.69) is 67.5 Å². The maximum atomic E-state index is 9.31. The van der Waals surface area contributed by atoms with Gasteiger partial charge in [-0.2, -0.15) is 16.6 Å². The van der Waals surface area contributed by atoms with E-state index in [9.17, 15) is 5.26 Å². The molecule has 0 amide bonds. The predicted molar refractivity (Wildman–Crippen MR) is 126 cm³/mol. The van der Waals surface area contributed by atoms with Gasteiger partial charge in [0.2, 0.25) is 0 Å². The summed E-state index contributed by atoms with van der Waals surface area (Å²) in [6, 6.07) is 18.5. The second kappa shape index (κ2) is 10.3. The third-order valence-electron chi connectivity index (χ3n) is 4.17. The third-order valence-corrected chi connectivity index (χ3v) is 6.53. The van der Waals surface area contributed by atoms with Crippen molar-refractivity contribution in [3.05, 3.63) is 82.6 Å². The molecule has 2 N–H and O–H groups in total. The molecule has 0 aliphatic carbocycles. The summed E-state index contributed by atoms with van der Waals surface area (Å²) < 4.78 is 0. The summed E-state index contributed by atoms with van der Waals surface area (Å²) in [6.07, 6.45) is 0. The van der Waals surface area contributed by atoms with Crippen molar-refractivity contribution >= 4 is 49.0 Å². The topological polar surface area (TPSA) is 47.8 Å². The molecule has 1 atom stereocenters. The molecule has 3 rings (SSSR count). The number of thiophene rings is 1. The van der Waals surface area contributed by atoms with Crippen molar-refractivity contribution < 1.29 is 0 Å². The van der Waals surface area contributed by atoms with Gasteiger partial charge in [-0.05, 0) is 39.8 Å². The molecular weight excluding hydrogens is 401 g/mol. The molecule has 6 heteroatoms. The largest absolute Gasteiger partial charge is 0.383 e. The fraction of sp³-hybridized carbons (Fsp3) is 0.136. The van der Waals surface area contributed by atoms with E-state index in [0.29, 0.717) is 18.7 Å². The van der Waals surface area contributed by atoms with Crippen LogP contribution in [0.5, 0.6) is 0 Å². The lowest BCUT2D eigenvalue weighted by atomic mass is 10.1. The number of benzene rings is 2. The number of hydrogen-bond donors (Lipinski definition) is 2. The van der Waals surface area contributed by atoms with Gasteiger partial charge in [-0.15, -0.1) is 21.0 Å². The van der Waals surface area contributed by atoms with Gasteiger partial charge in [0, 0.05) is 35.0 Å². The zero-order chi connectivity index (χ0) is 19.8. The van der Waals surface area contributed by atoms with Gasteiger partial charge in [-0.1, -0.05) is 36.9 Å². The molecule has 2 aromatic carbocycles. The van der Waals surface area contributed by atoms with Gasteiger partial charge in [-0.25, -0.2) is 0 Å². The highest BCUT2D eigenvalue weighted by atomic mass is 32.2. The molecule has 0 aliphatic rings. The fourth-order valence-corrected chi connectivity index (χ4v) is 4.85. The standard InChI is InChI=1S/C22H22N3PS2/c1-16(24-10-11-25-20-6-4-7-21(26)19(20)13-23)18-5-2-3-8-22(18)28-15-17-9-12-27-14-17/h2-9,12,14,24-25H,1,10-11,15,26H2. The van der Waals surface area contributed by atoms with E-state index in [4.69, 9.17) is 0 Å². The van der Waals surface area contributed by atoms with E-state index in [1.807, 2.05) is 36.0 Å². The van der Waals surface area contributed by atoms with Crippen LogP contribution in [0, 0.1) is 11.3 Å². The van der Waals surface area contributed by atoms with E-state index in [1.54, 1.807) is 11.3 Å². The summed E-state index contributed by atoms with van der Waals surface area (Å²) in [7, 11) is 2.60. The van der Waals surface area contributed by atoms with E-state index in [-0.39, 0.29) is 0 Å². The molecule has 0 fully saturated rings. The Morgan fingerprint density at radius 1 is 1.14 bits per heavy atom. The molecule has 1 aromatic heterocycles. The van der Waals surface area contributed by atoms with Crippen LogP contribution in [0.1, 0.15) is 16.7 Å². The minimum Gasteiger partial charge on any atom is -0.383 e. The highest BCUT2D eigenvalue weighted by Gasteiger charge is 2.07. The smallest absolute Gasteiger partial charge is 0.102 e. The number of thioether (sulfide) groups is 1. The van der Waals surface area contributed by atoms with E-state index in [0.717, 1.165) is 28.0 Å². The van der Waals surface area contributed by atoms with Gasteiger partial charge < -0.3 is 10.6 Å². The van der Waals surface area contributed by atoms with Gasteiger partial charge >= 0.3 is 0 Å². The first-order valence-electron chi connectivity index (χ1n) is 8.87. The molecule has 3 aromatic rings. The summed E-state index contributed by atoms with van der Waals surface area (Å²) in [6.45, 7) is 5.63. The Kier molecular flexibility index (Phi) is 7.56. The van der Waals surface area contributed by atoms with Crippen molar-refractivity contribution in [2.75, 3.05) is 18.4 Å². The fourth-order valence-electron chi connectivity index (χ4n) is 2.73. The summed E-state index contributed by atoms with van der Waals surface area (Å²) in [5, 5.41) is 21.2. The molecule has 0 saturated carbocycles. The highest BCUT2D eigenvalue weighted by Crippen LogP contribution is 2.29. The second-order valence-corrected chi connectivity index (χ2v) is 8.55. The molecule has 28 heavy (non-hydrogen) atoms. The normalized spacial score (nSPS) is 10.3. The van der Waals surface area contributed by atoms with Gasteiger partial charge in [0.05, 0.1) is 11.3 Å². The first-order valence-corrected chi connectivity index (χ1v) is 11.4. The predicted octanol–water partition coefficient (Wildman–Crippen LogP) is 5.08. The zero-order valence-corrected chi connectivity index (χ0v) is 18.2. The Labute approximate surface area is 177 Å². The zero-order valence-electron chi connectivity index (χ0n) is 15.4. The SMILES string of the molecule is C=C(NCCNc1cccc(P)c1C#N)c1ccccc1SCc1ccsc1. The van der Waals surface area contributed by atoms with Crippen LogP contribution in [0.15, 0.2) is 70.8 Å². The van der Waals surface area contributed by atoms with Crippen molar-refractivity contribution in [1.29, 1.82) is 5.26 Å². The maximum absolute atomic E-state index is 9.31. The molecule has 0 bridgehead atoms. The molecule has 3 nitrogen and oxygen atoms in total. The van der Waals surface area contributed by atoms with Crippen LogP contribution in [0.2, 0.25) is 0 Å². The molecule has 0 radical (unpaired) electrons. The average Bonchev–Trinajstić information content (AvgIpc) is 3.23.